The van der Waals surface area contributed by atoms with Crippen molar-refractivity contribution in [1.82, 2.24) is 10.3 Å². The van der Waals surface area contributed by atoms with E-state index in [-0.39, 0.29) is 17.7 Å². The predicted molar refractivity (Wildman–Crippen MR) is 99.0 cm³/mol. The Balaban J connectivity index is 0.000000197. The lowest BCUT2D eigenvalue weighted by atomic mass is 9.91. The van der Waals surface area contributed by atoms with Gasteiger partial charge in [0.1, 0.15) is 17.7 Å². The molecular formula is C18H18F2N4OS. The standard InChI is InChI=1S/C11H13F2NO.C7H5N3S/c1-6-5-15-11-8(13)4-3-7(12)9(11)10(6)14-2;8-3-6-1-2-7(9-4-6)10-5-11/h3-4,6,10,14H,5H2,1-2H3;1-2,4-5H,(H,9,10,11). The average molecular weight is 376 g/mol. The molecule has 2 atom stereocenters. The molecule has 0 bridgehead atoms. The lowest BCUT2D eigenvalue weighted by Crippen LogP contribution is -2.33. The maximum Gasteiger partial charge on any atom is 0.165 e. The molecule has 1 aliphatic rings. The van der Waals surface area contributed by atoms with Gasteiger partial charge in [-0.25, -0.2) is 13.8 Å². The molecule has 26 heavy (non-hydrogen) atoms. The summed E-state index contributed by atoms with van der Waals surface area (Å²) in [4.78, 5) is 3.91. The van der Waals surface area contributed by atoms with Crippen LogP contribution in [0, 0.1) is 28.9 Å². The SMILES string of the molecule is CNC1c2c(F)ccc(F)c2OCC1C.N#Cc1ccc(NC=S)nc1. The van der Waals surface area contributed by atoms with Crippen molar-refractivity contribution in [1.29, 1.82) is 5.26 Å². The highest BCUT2D eigenvalue weighted by atomic mass is 32.1. The molecule has 5 nitrogen and oxygen atoms in total. The summed E-state index contributed by atoms with van der Waals surface area (Å²) in [5, 5.41) is 14.1. The molecule has 0 saturated carbocycles. The summed E-state index contributed by atoms with van der Waals surface area (Å²) >= 11 is 4.55. The first-order valence-electron chi connectivity index (χ1n) is 7.86. The maximum atomic E-state index is 13.6. The van der Waals surface area contributed by atoms with Gasteiger partial charge in [0.25, 0.3) is 0 Å². The molecule has 1 aliphatic heterocycles. The fraction of sp³-hybridized carbons (Fsp3) is 0.278. The summed E-state index contributed by atoms with van der Waals surface area (Å²) in [6.45, 7) is 2.34. The second-order valence-electron chi connectivity index (χ2n) is 5.63. The quantitative estimate of drug-likeness (QED) is 0.798. The number of pyridine rings is 1. The molecule has 8 heteroatoms. The second-order valence-corrected chi connectivity index (χ2v) is 5.87. The van der Waals surface area contributed by atoms with E-state index in [9.17, 15) is 8.78 Å². The molecule has 0 aliphatic carbocycles. The number of nitrogens with zero attached hydrogens (tertiary/aromatic N) is 2. The minimum absolute atomic E-state index is 0.0486. The van der Waals surface area contributed by atoms with Crippen molar-refractivity contribution in [3.63, 3.8) is 0 Å². The molecule has 0 spiro atoms. The summed E-state index contributed by atoms with van der Waals surface area (Å²) in [5.74, 6) is -0.0962. The van der Waals surface area contributed by atoms with Crippen LogP contribution in [0.25, 0.3) is 0 Å². The van der Waals surface area contributed by atoms with Crippen molar-refractivity contribution in [3.8, 4) is 11.8 Å². The largest absolute Gasteiger partial charge is 0.490 e. The van der Waals surface area contributed by atoms with Crippen LogP contribution in [0.4, 0.5) is 14.6 Å². The van der Waals surface area contributed by atoms with E-state index in [1.54, 1.807) is 19.2 Å². The number of hydrogen-bond donors (Lipinski definition) is 2. The normalized spacial score (nSPS) is 17.7. The molecule has 0 radical (unpaired) electrons. The van der Waals surface area contributed by atoms with Gasteiger partial charge in [0.05, 0.1) is 23.2 Å². The average Bonchev–Trinajstić information content (AvgIpc) is 2.66. The van der Waals surface area contributed by atoms with Gasteiger partial charge in [0.2, 0.25) is 0 Å². The smallest absolute Gasteiger partial charge is 0.165 e. The number of halogens is 2. The van der Waals surface area contributed by atoms with Crippen molar-refractivity contribution in [2.24, 2.45) is 5.92 Å². The van der Waals surface area contributed by atoms with Crippen LogP contribution in [0.3, 0.4) is 0 Å². The van der Waals surface area contributed by atoms with Gasteiger partial charge in [-0.3, -0.25) is 0 Å². The number of nitriles is 1. The van der Waals surface area contributed by atoms with Crippen LogP contribution in [-0.4, -0.2) is 24.1 Å². The molecule has 2 aromatic rings. The Morgan fingerprint density at radius 2 is 2.04 bits per heavy atom. The van der Waals surface area contributed by atoms with Gasteiger partial charge in [-0.1, -0.05) is 19.1 Å². The highest BCUT2D eigenvalue weighted by Gasteiger charge is 2.31. The van der Waals surface area contributed by atoms with Crippen molar-refractivity contribution in [2.45, 2.75) is 13.0 Å². The monoisotopic (exact) mass is 376 g/mol. The number of thiocarbonyl (C=S) groups is 1. The maximum absolute atomic E-state index is 13.6. The Hall–Kier alpha value is -2.63. The zero-order chi connectivity index (χ0) is 19.1. The molecule has 0 saturated heterocycles. The minimum Gasteiger partial charge on any atom is -0.490 e. The number of hydrogen-bond acceptors (Lipinski definition) is 5. The summed E-state index contributed by atoms with van der Waals surface area (Å²) in [7, 11) is 1.74. The summed E-state index contributed by atoms with van der Waals surface area (Å²) < 4.78 is 32.2. The summed E-state index contributed by atoms with van der Waals surface area (Å²) in [6.07, 6.45) is 1.49. The first-order chi connectivity index (χ1) is 12.5. The van der Waals surface area contributed by atoms with Crippen molar-refractivity contribution in [3.05, 3.63) is 53.2 Å². The van der Waals surface area contributed by atoms with Gasteiger partial charge in [0.15, 0.2) is 11.6 Å². The Morgan fingerprint density at radius 1 is 1.31 bits per heavy atom. The molecule has 1 aromatic heterocycles. The molecule has 3 rings (SSSR count). The third-order valence-electron chi connectivity index (χ3n) is 3.88. The number of fused-ring (bicyclic) bond motifs is 1. The lowest BCUT2D eigenvalue weighted by Gasteiger charge is -2.31. The highest BCUT2D eigenvalue weighted by molar-refractivity contribution is 7.79. The van der Waals surface area contributed by atoms with Crippen LogP contribution in [0.5, 0.6) is 5.75 Å². The topological polar surface area (TPSA) is 70.0 Å². The molecule has 0 fully saturated rings. The third-order valence-corrected chi connectivity index (χ3v) is 3.99. The number of ether oxygens (including phenoxy) is 1. The van der Waals surface area contributed by atoms with Crippen LogP contribution in [0.1, 0.15) is 24.1 Å². The van der Waals surface area contributed by atoms with Crippen molar-refractivity contribution >= 4 is 23.5 Å². The lowest BCUT2D eigenvalue weighted by molar-refractivity contribution is 0.180. The van der Waals surface area contributed by atoms with Gasteiger partial charge < -0.3 is 15.4 Å². The molecule has 2 unspecified atom stereocenters. The Labute approximate surface area is 156 Å². The first kappa shape index (κ1) is 19.7. The number of aromatic nitrogens is 1. The minimum atomic E-state index is -0.501. The van der Waals surface area contributed by atoms with Gasteiger partial charge in [-0.15, -0.1) is 0 Å². The molecular weight excluding hydrogens is 358 g/mol. The fourth-order valence-corrected chi connectivity index (χ4v) is 2.74. The number of nitrogens with one attached hydrogen (secondary N) is 2. The van der Waals surface area contributed by atoms with E-state index in [2.05, 4.69) is 27.8 Å². The van der Waals surface area contributed by atoms with Crippen LogP contribution in [-0.2, 0) is 0 Å². The van der Waals surface area contributed by atoms with Crippen LogP contribution in [0.15, 0.2) is 30.5 Å². The molecule has 0 amide bonds. The Kier molecular flexibility index (Phi) is 6.95. The van der Waals surface area contributed by atoms with Crippen LogP contribution >= 0.6 is 12.2 Å². The van der Waals surface area contributed by atoms with Crippen LogP contribution < -0.4 is 15.4 Å². The predicted octanol–water partition coefficient (Wildman–Crippen LogP) is 3.58. The molecule has 2 heterocycles. The number of benzene rings is 1. The third kappa shape index (κ3) is 4.50. The van der Waals surface area contributed by atoms with E-state index in [1.165, 1.54) is 11.7 Å². The van der Waals surface area contributed by atoms with Gasteiger partial charge in [-0.2, -0.15) is 5.26 Å². The van der Waals surface area contributed by atoms with E-state index < -0.39 is 11.6 Å². The second kappa shape index (κ2) is 9.17. The Bertz CT molecular complexity index is 808. The van der Waals surface area contributed by atoms with E-state index in [0.29, 0.717) is 23.6 Å². The highest BCUT2D eigenvalue weighted by Crippen LogP contribution is 2.38. The van der Waals surface area contributed by atoms with Crippen molar-refractivity contribution in [2.75, 3.05) is 19.0 Å². The molecule has 1 aromatic carbocycles. The number of anilines is 1. The van der Waals surface area contributed by atoms with Crippen molar-refractivity contribution < 1.29 is 13.5 Å². The van der Waals surface area contributed by atoms with Gasteiger partial charge in [-0.05, 0) is 31.3 Å². The number of rotatable bonds is 3. The first-order valence-corrected chi connectivity index (χ1v) is 8.33. The molecule has 136 valence electrons. The zero-order valence-corrected chi connectivity index (χ0v) is 15.1. The van der Waals surface area contributed by atoms with E-state index in [0.717, 1.165) is 12.1 Å². The fourth-order valence-electron chi connectivity index (χ4n) is 2.62. The zero-order valence-electron chi connectivity index (χ0n) is 14.3. The molecule has 2 N–H and O–H groups in total. The Morgan fingerprint density at radius 3 is 2.62 bits per heavy atom. The van der Waals surface area contributed by atoms with E-state index in [4.69, 9.17) is 10.00 Å². The van der Waals surface area contributed by atoms with Crippen LogP contribution in [0.2, 0.25) is 0 Å². The summed E-state index contributed by atoms with van der Waals surface area (Å²) in [5.41, 5.74) is 2.21. The van der Waals surface area contributed by atoms with Gasteiger partial charge in [0, 0.05) is 18.2 Å². The van der Waals surface area contributed by atoms with Gasteiger partial charge >= 0.3 is 0 Å². The van der Waals surface area contributed by atoms with E-state index in [1.807, 2.05) is 13.0 Å². The summed E-state index contributed by atoms with van der Waals surface area (Å²) in [6, 6.07) is 7.38. The van der Waals surface area contributed by atoms with E-state index >= 15 is 0 Å².